The highest BCUT2D eigenvalue weighted by molar-refractivity contribution is 7.88. The van der Waals surface area contributed by atoms with Crippen molar-refractivity contribution in [3.63, 3.8) is 0 Å². The third kappa shape index (κ3) is 2.96. The number of likely N-dealkylation sites (tertiary alicyclic amines) is 1. The second-order valence-corrected chi connectivity index (χ2v) is 7.82. The maximum absolute atomic E-state index is 12.5. The molecule has 120 valence electrons. The minimum Gasteiger partial charge on any atom is -0.380 e. The lowest BCUT2D eigenvalue weighted by molar-refractivity contribution is 0.0721. The number of carbonyl (C=O) groups is 1. The highest BCUT2D eigenvalue weighted by Crippen LogP contribution is 2.41. The fourth-order valence-electron chi connectivity index (χ4n) is 3.11. The lowest BCUT2D eigenvalue weighted by Crippen LogP contribution is -2.43. The van der Waals surface area contributed by atoms with Crippen molar-refractivity contribution >= 4 is 15.9 Å². The molecule has 2 saturated heterocycles. The predicted molar refractivity (Wildman–Crippen MR) is 77.5 cm³/mol. The van der Waals surface area contributed by atoms with Gasteiger partial charge in [0.2, 0.25) is 10.0 Å². The molecule has 0 aromatic carbocycles. The van der Waals surface area contributed by atoms with E-state index in [1.165, 1.54) is 12.4 Å². The van der Waals surface area contributed by atoms with Crippen LogP contribution in [-0.2, 0) is 14.8 Å². The number of hydrogen-bond donors (Lipinski definition) is 1. The summed E-state index contributed by atoms with van der Waals surface area (Å²) in [5.41, 5.74) is 0.140. The summed E-state index contributed by atoms with van der Waals surface area (Å²) in [5.74, 6) is 0.0310. The van der Waals surface area contributed by atoms with Gasteiger partial charge in [-0.2, -0.15) is 10.2 Å². The molecule has 2 atom stereocenters. The molecule has 2 aliphatic heterocycles. The van der Waals surface area contributed by atoms with E-state index in [1.807, 2.05) is 0 Å². The molecule has 0 unspecified atom stereocenters. The number of carbonyl (C=O) groups excluding carboxylic acids is 1. The maximum atomic E-state index is 12.5. The van der Waals surface area contributed by atoms with E-state index in [4.69, 9.17) is 4.74 Å². The van der Waals surface area contributed by atoms with Crippen LogP contribution in [0.5, 0.6) is 0 Å². The Morgan fingerprint density at radius 1 is 1.55 bits per heavy atom. The van der Waals surface area contributed by atoms with Crippen LogP contribution in [0.25, 0.3) is 0 Å². The quantitative estimate of drug-likeness (QED) is 0.770. The Hall–Kier alpha value is -1.58. The van der Waals surface area contributed by atoms with Gasteiger partial charge in [0.1, 0.15) is 0 Å². The molecule has 1 aromatic heterocycles. The summed E-state index contributed by atoms with van der Waals surface area (Å²) in [5, 5.41) is 7.39. The molecule has 22 heavy (non-hydrogen) atoms. The SMILES string of the molecule is CS(=O)(=O)NC[C@@]12COC[C@@H]1CN(C(=O)c1ccnnc1)C2. The summed E-state index contributed by atoms with van der Waals surface area (Å²) in [4.78, 5) is 14.2. The zero-order valence-corrected chi connectivity index (χ0v) is 13.0. The van der Waals surface area contributed by atoms with Crippen LogP contribution in [0.4, 0.5) is 0 Å². The van der Waals surface area contributed by atoms with Gasteiger partial charge < -0.3 is 9.64 Å². The van der Waals surface area contributed by atoms with E-state index in [0.29, 0.717) is 31.9 Å². The Kier molecular flexibility index (Phi) is 3.87. The average Bonchev–Trinajstić information content (AvgIpc) is 3.02. The fourth-order valence-corrected chi connectivity index (χ4v) is 3.66. The van der Waals surface area contributed by atoms with E-state index in [0.717, 1.165) is 6.26 Å². The first-order valence-electron chi connectivity index (χ1n) is 6.98. The highest BCUT2D eigenvalue weighted by Gasteiger charge is 2.52. The monoisotopic (exact) mass is 326 g/mol. The molecule has 0 radical (unpaired) electrons. The van der Waals surface area contributed by atoms with Gasteiger partial charge in [-0.05, 0) is 6.07 Å². The molecule has 1 amide bonds. The number of hydrogen-bond acceptors (Lipinski definition) is 6. The first-order chi connectivity index (χ1) is 10.4. The van der Waals surface area contributed by atoms with Crippen LogP contribution >= 0.6 is 0 Å². The van der Waals surface area contributed by atoms with Crippen molar-refractivity contribution in [2.24, 2.45) is 11.3 Å². The van der Waals surface area contributed by atoms with Gasteiger partial charge in [-0.25, -0.2) is 13.1 Å². The van der Waals surface area contributed by atoms with Crippen molar-refractivity contribution in [2.75, 3.05) is 39.1 Å². The summed E-state index contributed by atoms with van der Waals surface area (Å²) >= 11 is 0. The molecule has 0 spiro atoms. The molecular formula is C13H18N4O4S. The molecule has 1 aromatic rings. The van der Waals surface area contributed by atoms with Crippen LogP contribution in [0.1, 0.15) is 10.4 Å². The van der Waals surface area contributed by atoms with Gasteiger partial charge in [0.15, 0.2) is 0 Å². The van der Waals surface area contributed by atoms with Gasteiger partial charge in [-0.3, -0.25) is 4.79 Å². The molecule has 0 saturated carbocycles. The lowest BCUT2D eigenvalue weighted by Gasteiger charge is -2.26. The molecule has 1 N–H and O–H groups in total. The molecule has 0 aliphatic carbocycles. The number of aromatic nitrogens is 2. The number of nitrogens with zero attached hydrogens (tertiary/aromatic N) is 3. The van der Waals surface area contributed by atoms with Gasteiger partial charge >= 0.3 is 0 Å². The molecular weight excluding hydrogens is 308 g/mol. The van der Waals surface area contributed by atoms with Crippen LogP contribution in [0.2, 0.25) is 0 Å². The second-order valence-electron chi connectivity index (χ2n) is 5.98. The van der Waals surface area contributed by atoms with E-state index in [1.54, 1.807) is 11.0 Å². The summed E-state index contributed by atoms with van der Waals surface area (Å²) < 4.78 is 30.8. The van der Waals surface area contributed by atoms with Crippen molar-refractivity contribution in [3.8, 4) is 0 Å². The predicted octanol–water partition coefficient (Wildman–Crippen LogP) is -0.886. The lowest BCUT2D eigenvalue weighted by atomic mass is 9.81. The smallest absolute Gasteiger partial charge is 0.255 e. The van der Waals surface area contributed by atoms with E-state index < -0.39 is 10.0 Å². The third-order valence-corrected chi connectivity index (χ3v) is 4.99. The van der Waals surface area contributed by atoms with Gasteiger partial charge in [0, 0.05) is 31.0 Å². The average molecular weight is 326 g/mol. The Labute approximate surface area is 128 Å². The molecule has 2 aliphatic rings. The van der Waals surface area contributed by atoms with Gasteiger partial charge in [-0.15, -0.1) is 0 Å². The Morgan fingerprint density at radius 2 is 2.36 bits per heavy atom. The summed E-state index contributed by atoms with van der Waals surface area (Å²) in [6.45, 7) is 2.32. The first kappa shape index (κ1) is 15.3. The number of rotatable bonds is 4. The molecule has 3 heterocycles. The first-order valence-corrected chi connectivity index (χ1v) is 8.87. The number of nitrogens with one attached hydrogen (secondary N) is 1. The number of ether oxygens (including phenoxy) is 1. The van der Waals surface area contributed by atoms with E-state index >= 15 is 0 Å². The third-order valence-electron chi connectivity index (χ3n) is 4.33. The molecule has 3 rings (SSSR count). The zero-order chi connectivity index (χ0) is 15.8. The van der Waals surface area contributed by atoms with Crippen molar-refractivity contribution in [1.82, 2.24) is 19.8 Å². The molecule has 8 nitrogen and oxygen atoms in total. The van der Waals surface area contributed by atoms with Crippen LogP contribution in [0, 0.1) is 11.3 Å². The number of fused-ring (bicyclic) bond motifs is 1. The van der Waals surface area contributed by atoms with Crippen molar-refractivity contribution in [3.05, 3.63) is 24.0 Å². The van der Waals surface area contributed by atoms with Crippen molar-refractivity contribution in [1.29, 1.82) is 0 Å². The van der Waals surface area contributed by atoms with Crippen LogP contribution in [0.15, 0.2) is 18.5 Å². The van der Waals surface area contributed by atoms with Crippen LogP contribution < -0.4 is 4.72 Å². The summed E-state index contributed by atoms with van der Waals surface area (Å²) in [6, 6.07) is 1.63. The fraction of sp³-hybridized carbons (Fsp3) is 0.615. The Morgan fingerprint density at radius 3 is 3.05 bits per heavy atom. The topological polar surface area (TPSA) is 101 Å². The minimum atomic E-state index is -3.27. The van der Waals surface area contributed by atoms with E-state index in [9.17, 15) is 13.2 Å². The largest absolute Gasteiger partial charge is 0.380 e. The summed E-state index contributed by atoms with van der Waals surface area (Å²) in [7, 11) is -3.27. The van der Waals surface area contributed by atoms with Gasteiger partial charge in [0.05, 0.1) is 37.4 Å². The van der Waals surface area contributed by atoms with E-state index in [2.05, 4.69) is 14.9 Å². The summed E-state index contributed by atoms with van der Waals surface area (Å²) in [6.07, 6.45) is 4.05. The van der Waals surface area contributed by atoms with Crippen molar-refractivity contribution in [2.45, 2.75) is 0 Å². The molecule has 9 heteroatoms. The maximum Gasteiger partial charge on any atom is 0.255 e. The second kappa shape index (κ2) is 5.56. The standard InChI is InChI=1S/C13H18N4O4S/c1-22(19,20)16-7-13-8-17(5-11(13)6-21-9-13)12(18)10-2-3-14-15-4-10/h2-4,11,16H,5-9H2,1H3/t11-,13+/m0/s1. The number of sulfonamides is 1. The van der Waals surface area contributed by atoms with Crippen molar-refractivity contribution < 1.29 is 17.9 Å². The van der Waals surface area contributed by atoms with Gasteiger partial charge in [-0.1, -0.05) is 0 Å². The molecule has 0 bridgehead atoms. The molecule has 2 fully saturated rings. The Bertz CT molecular complexity index is 666. The van der Waals surface area contributed by atoms with Crippen LogP contribution in [-0.4, -0.2) is 68.5 Å². The van der Waals surface area contributed by atoms with E-state index in [-0.39, 0.29) is 23.8 Å². The minimum absolute atomic E-state index is 0.108. The normalized spacial score (nSPS) is 27.9. The van der Waals surface area contributed by atoms with Crippen LogP contribution in [0.3, 0.4) is 0 Å². The number of amides is 1. The Balaban J connectivity index is 1.75. The zero-order valence-electron chi connectivity index (χ0n) is 12.2. The van der Waals surface area contributed by atoms with Gasteiger partial charge in [0.25, 0.3) is 5.91 Å². The highest BCUT2D eigenvalue weighted by atomic mass is 32.2.